The molecule has 0 amide bonds. The predicted octanol–water partition coefficient (Wildman–Crippen LogP) is 6.66. The van der Waals surface area contributed by atoms with Crippen molar-refractivity contribution in [3.05, 3.63) is 52.8 Å². The lowest BCUT2D eigenvalue weighted by Gasteiger charge is -2.18. The zero-order chi connectivity index (χ0) is 23.6. The highest BCUT2D eigenvalue weighted by Gasteiger charge is 2.26. The molecule has 1 aromatic heterocycles. The molecule has 0 aliphatic heterocycles. The van der Waals surface area contributed by atoms with Gasteiger partial charge in [-0.3, -0.25) is 0 Å². The average Bonchev–Trinajstić information content (AvgIpc) is 3.43. The monoisotopic (exact) mass is 509 g/mol. The second kappa shape index (κ2) is 10.3. The van der Waals surface area contributed by atoms with Crippen molar-refractivity contribution in [1.82, 2.24) is 13.9 Å². The van der Waals surface area contributed by atoms with E-state index in [1.807, 2.05) is 13.0 Å². The Balaban J connectivity index is 1.71. The van der Waals surface area contributed by atoms with E-state index in [4.69, 9.17) is 16.6 Å². The van der Waals surface area contributed by atoms with E-state index in [0.29, 0.717) is 34.4 Å². The Morgan fingerprint density at radius 2 is 2.00 bits per heavy atom. The first-order chi connectivity index (χ1) is 15.8. The molecule has 5 nitrogen and oxygen atoms in total. The van der Waals surface area contributed by atoms with Crippen LogP contribution in [0.5, 0.6) is 0 Å². The maximum atomic E-state index is 14.3. The summed E-state index contributed by atoms with van der Waals surface area (Å²) in [4.78, 5) is 5.05. The third kappa shape index (κ3) is 5.09. The largest absolute Gasteiger partial charge is 0.316 e. The first-order valence-corrected chi connectivity index (χ1v) is 14.2. The van der Waals surface area contributed by atoms with Gasteiger partial charge in [-0.25, -0.2) is 22.1 Å². The zero-order valence-corrected chi connectivity index (χ0v) is 21.3. The number of fused-ring (bicyclic) bond motifs is 1. The molecule has 0 bridgehead atoms. The Bertz CT molecular complexity index is 1220. The molecule has 0 saturated heterocycles. The van der Waals surface area contributed by atoms with Gasteiger partial charge in [0.05, 0.1) is 15.9 Å². The molecule has 33 heavy (non-hydrogen) atoms. The summed E-state index contributed by atoms with van der Waals surface area (Å²) in [7, 11) is -1.96. The van der Waals surface area contributed by atoms with E-state index in [2.05, 4.69) is 4.57 Å². The first-order valence-electron chi connectivity index (χ1n) is 11.4. The second-order valence-corrected chi connectivity index (χ2v) is 11.9. The van der Waals surface area contributed by atoms with Gasteiger partial charge in [0.1, 0.15) is 5.82 Å². The van der Waals surface area contributed by atoms with Crippen LogP contribution >= 0.6 is 23.4 Å². The quantitative estimate of drug-likeness (QED) is 0.303. The Kier molecular flexibility index (Phi) is 7.68. The van der Waals surface area contributed by atoms with Crippen LogP contribution < -0.4 is 0 Å². The van der Waals surface area contributed by atoms with Crippen LogP contribution in [0.15, 0.2) is 46.5 Å². The molecule has 3 aromatic rings. The molecule has 4 rings (SSSR count). The fourth-order valence-electron chi connectivity index (χ4n) is 4.32. The third-order valence-electron chi connectivity index (χ3n) is 6.26. The second-order valence-electron chi connectivity index (χ2n) is 8.52. The standard InChI is InChI=1S/C24H29ClFN3O2S2/c1-3-4-14-28(2)33(30,31)18-12-13-23-22(15-18)27-24(29(23)17-8-5-6-9-17)32-16-19-20(25)10-7-11-21(19)26/h7,10-13,15,17H,3-6,8-9,14,16H2,1-2H3. The fraction of sp³-hybridized carbons (Fsp3) is 0.458. The van der Waals surface area contributed by atoms with Crippen molar-refractivity contribution >= 4 is 44.4 Å². The summed E-state index contributed by atoms with van der Waals surface area (Å²) in [6.07, 6.45) is 6.16. The van der Waals surface area contributed by atoms with Gasteiger partial charge in [-0.1, -0.05) is 55.6 Å². The Morgan fingerprint density at radius 3 is 2.70 bits per heavy atom. The summed E-state index contributed by atoms with van der Waals surface area (Å²) in [5.41, 5.74) is 2.02. The van der Waals surface area contributed by atoms with Gasteiger partial charge in [0.25, 0.3) is 0 Å². The van der Waals surface area contributed by atoms with E-state index >= 15 is 0 Å². The maximum absolute atomic E-state index is 14.3. The summed E-state index contributed by atoms with van der Waals surface area (Å²) in [6, 6.07) is 10.2. The highest BCUT2D eigenvalue weighted by Crippen LogP contribution is 2.38. The molecule has 1 fully saturated rings. The molecule has 0 N–H and O–H groups in total. The summed E-state index contributed by atoms with van der Waals surface area (Å²) >= 11 is 7.67. The number of rotatable bonds is 9. The van der Waals surface area contributed by atoms with Crippen LogP contribution in [0.3, 0.4) is 0 Å². The van der Waals surface area contributed by atoms with Crippen LogP contribution in [0.25, 0.3) is 11.0 Å². The third-order valence-corrected chi connectivity index (χ3v) is 9.45. The topological polar surface area (TPSA) is 55.2 Å². The SMILES string of the molecule is CCCCN(C)S(=O)(=O)c1ccc2c(c1)nc(SCc1c(F)cccc1Cl)n2C1CCCC1. The van der Waals surface area contributed by atoms with Gasteiger partial charge in [0.15, 0.2) is 5.16 Å². The van der Waals surface area contributed by atoms with E-state index in [1.165, 1.54) is 22.1 Å². The fourth-order valence-corrected chi connectivity index (χ4v) is 6.98. The van der Waals surface area contributed by atoms with Crippen LogP contribution in [0.2, 0.25) is 5.02 Å². The maximum Gasteiger partial charge on any atom is 0.242 e. The molecular formula is C24H29ClFN3O2S2. The van der Waals surface area contributed by atoms with E-state index in [0.717, 1.165) is 49.2 Å². The number of unbranched alkanes of at least 4 members (excludes halogenated alkanes) is 1. The number of sulfonamides is 1. The lowest BCUT2D eigenvalue weighted by molar-refractivity contribution is 0.459. The zero-order valence-electron chi connectivity index (χ0n) is 18.9. The van der Waals surface area contributed by atoms with Gasteiger partial charge in [-0.05, 0) is 49.6 Å². The summed E-state index contributed by atoms with van der Waals surface area (Å²) in [5, 5.41) is 1.17. The Hall–Kier alpha value is -1.61. The predicted molar refractivity (Wildman–Crippen MR) is 133 cm³/mol. The molecule has 178 valence electrons. The molecule has 0 radical (unpaired) electrons. The van der Waals surface area contributed by atoms with Gasteiger partial charge in [0, 0.05) is 36.0 Å². The molecule has 1 saturated carbocycles. The van der Waals surface area contributed by atoms with Gasteiger partial charge < -0.3 is 4.57 Å². The average molecular weight is 510 g/mol. The molecule has 1 aliphatic rings. The highest BCUT2D eigenvalue weighted by molar-refractivity contribution is 7.98. The molecule has 9 heteroatoms. The highest BCUT2D eigenvalue weighted by atomic mass is 35.5. The summed E-state index contributed by atoms with van der Waals surface area (Å²) in [6.45, 7) is 2.52. The van der Waals surface area contributed by atoms with Crippen molar-refractivity contribution in [1.29, 1.82) is 0 Å². The van der Waals surface area contributed by atoms with Crippen molar-refractivity contribution in [3.8, 4) is 0 Å². The van der Waals surface area contributed by atoms with Gasteiger partial charge >= 0.3 is 0 Å². The van der Waals surface area contributed by atoms with Crippen molar-refractivity contribution < 1.29 is 12.8 Å². The molecule has 0 spiro atoms. The number of nitrogens with zero attached hydrogens (tertiary/aromatic N) is 3. The summed E-state index contributed by atoms with van der Waals surface area (Å²) in [5.74, 6) is 0.0222. The molecule has 0 atom stereocenters. The normalized spacial score (nSPS) is 15.2. The number of halogens is 2. The molecular weight excluding hydrogens is 481 g/mol. The van der Waals surface area contributed by atoms with Crippen molar-refractivity contribution in [2.24, 2.45) is 0 Å². The van der Waals surface area contributed by atoms with Crippen LogP contribution in [-0.2, 0) is 15.8 Å². The number of thioether (sulfide) groups is 1. The van der Waals surface area contributed by atoms with Crippen LogP contribution in [0.4, 0.5) is 4.39 Å². The minimum Gasteiger partial charge on any atom is -0.316 e. The van der Waals surface area contributed by atoms with Gasteiger partial charge in [0.2, 0.25) is 10.0 Å². The molecule has 0 unspecified atom stereocenters. The Morgan fingerprint density at radius 1 is 1.24 bits per heavy atom. The van der Waals surface area contributed by atoms with Gasteiger partial charge in [-0.2, -0.15) is 0 Å². The first kappa shape index (κ1) is 24.5. The van der Waals surface area contributed by atoms with Gasteiger partial charge in [-0.15, -0.1) is 0 Å². The van der Waals surface area contributed by atoms with Crippen LogP contribution in [0.1, 0.15) is 57.1 Å². The number of aromatic nitrogens is 2. The lowest BCUT2D eigenvalue weighted by Crippen LogP contribution is -2.27. The Labute approximate surface area is 204 Å². The van der Waals surface area contributed by atoms with E-state index < -0.39 is 10.0 Å². The number of hydrogen-bond donors (Lipinski definition) is 0. The minimum absolute atomic E-state index is 0.248. The van der Waals surface area contributed by atoms with Crippen molar-refractivity contribution in [2.45, 2.75) is 67.3 Å². The number of imidazole rings is 1. The van der Waals surface area contributed by atoms with Crippen LogP contribution in [0, 0.1) is 5.82 Å². The molecule has 1 aliphatic carbocycles. The smallest absolute Gasteiger partial charge is 0.242 e. The van der Waals surface area contributed by atoms with Crippen LogP contribution in [-0.4, -0.2) is 35.9 Å². The lowest BCUT2D eigenvalue weighted by atomic mass is 10.2. The van der Waals surface area contributed by atoms with E-state index in [1.54, 1.807) is 31.3 Å². The number of hydrogen-bond acceptors (Lipinski definition) is 4. The van der Waals surface area contributed by atoms with Crippen molar-refractivity contribution in [2.75, 3.05) is 13.6 Å². The van der Waals surface area contributed by atoms with E-state index in [-0.39, 0.29) is 10.7 Å². The minimum atomic E-state index is -3.58. The molecule has 1 heterocycles. The van der Waals surface area contributed by atoms with E-state index in [9.17, 15) is 12.8 Å². The molecule has 2 aromatic carbocycles. The van der Waals surface area contributed by atoms with Crippen molar-refractivity contribution in [3.63, 3.8) is 0 Å². The number of benzene rings is 2. The summed E-state index contributed by atoms with van der Waals surface area (Å²) < 4.78 is 44.0.